The molecule has 1 saturated heterocycles. The van der Waals surface area contributed by atoms with Gasteiger partial charge in [0.25, 0.3) is 0 Å². The van der Waals surface area contributed by atoms with Gasteiger partial charge in [0, 0.05) is 32.2 Å². The average Bonchev–Trinajstić information content (AvgIpc) is 2.33. The zero-order chi connectivity index (χ0) is 11.5. The Balaban J connectivity index is 2.05. The van der Waals surface area contributed by atoms with Gasteiger partial charge in [-0.05, 0) is 6.54 Å². The number of nitrogens with two attached hydrogens (primary N) is 2. The standard InChI is InChI=1S/C11H19N5/c1-2-15-3-5-16(6-4-15)11-7-9(12)10(13)8-14-11/h7-8H,2-6,13H2,1H3,(H2,12,14). The Hall–Kier alpha value is -1.49. The molecule has 0 saturated carbocycles. The maximum absolute atomic E-state index is 5.78. The number of piperazine rings is 1. The Morgan fingerprint density at radius 1 is 1.19 bits per heavy atom. The average molecular weight is 221 g/mol. The van der Waals surface area contributed by atoms with Gasteiger partial charge >= 0.3 is 0 Å². The topological polar surface area (TPSA) is 71.4 Å². The van der Waals surface area contributed by atoms with Crippen molar-refractivity contribution in [3.63, 3.8) is 0 Å². The highest BCUT2D eigenvalue weighted by Crippen LogP contribution is 2.20. The summed E-state index contributed by atoms with van der Waals surface area (Å²) in [5.74, 6) is 0.933. The van der Waals surface area contributed by atoms with E-state index in [-0.39, 0.29) is 0 Å². The monoisotopic (exact) mass is 221 g/mol. The minimum atomic E-state index is 0.552. The van der Waals surface area contributed by atoms with E-state index < -0.39 is 0 Å². The van der Waals surface area contributed by atoms with Gasteiger partial charge in [-0.3, -0.25) is 0 Å². The molecule has 1 aromatic heterocycles. The third-order valence-corrected chi connectivity index (χ3v) is 3.10. The molecule has 0 unspecified atom stereocenters. The van der Waals surface area contributed by atoms with Crippen LogP contribution in [0.2, 0.25) is 0 Å². The second-order valence-electron chi connectivity index (χ2n) is 4.09. The minimum Gasteiger partial charge on any atom is -0.397 e. The SMILES string of the molecule is CCN1CCN(c2cc(N)c(N)cn2)CC1. The number of hydrogen-bond acceptors (Lipinski definition) is 5. The fraction of sp³-hybridized carbons (Fsp3) is 0.545. The van der Waals surface area contributed by atoms with Gasteiger partial charge in [-0.25, -0.2) is 4.98 Å². The van der Waals surface area contributed by atoms with E-state index in [9.17, 15) is 0 Å². The van der Waals surface area contributed by atoms with Crippen LogP contribution < -0.4 is 16.4 Å². The predicted octanol–water partition coefficient (Wildman–Crippen LogP) is 0.388. The van der Waals surface area contributed by atoms with Crippen LogP contribution in [0.1, 0.15) is 6.92 Å². The lowest BCUT2D eigenvalue weighted by molar-refractivity contribution is 0.270. The smallest absolute Gasteiger partial charge is 0.130 e. The van der Waals surface area contributed by atoms with Gasteiger partial charge in [-0.15, -0.1) is 0 Å². The largest absolute Gasteiger partial charge is 0.397 e. The van der Waals surface area contributed by atoms with Crippen LogP contribution in [0.25, 0.3) is 0 Å². The summed E-state index contributed by atoms with van der Waals surface area (Å²) >= 11 is 0. The van der Waals surface area contributed by atoms with Crippen LogP contribution in [-0.2, 0) is 0 Å². The van der Waals surface area contributed by atoms with Crippen molar-refractivity contribution in [1.29, 1.82) is 0 Å². The second-order valence-corrected chi connectivity index (χ2v) is 4.09. The highest BCUT2D eigenvalue weighted by atomic mass is 15.3. The molecule has 1 aliphatic heterocycles. The summed E-state index contributed by atoms with van der Waals surface area (Å²) in [4.78, 5) is 9.00. The summed E-state index contributed by atoms with van der Waals surface area (Å²) < 4.78 is 0. The van der Waals surface area contributed by atoms with Crippen LogP contribution in [-0.4, -0.2) is 42.6 Å². The first-order valence-corrected chi connectivity index (χ1v) is 5.69. The van der Waals surface area contributed by atoms with Crippen LogP contribution in [0.4, 0.5) is 17.2 Å². The summed E-state index contributed by atoms with van der Waals surface area (Å²) in [6.07, 6.45) is 1.64. The number of anilines is 3. The summed E-state index contributed by atoms with van der Waals surface area (Å²) in [5, 5.41) is 0. The van der Waals surface area contributed by atoms with Gasteiger partial charge in [0.1, 0.15) is 5.82 Å². The van der Waals surface area contributed by atoms with Crippen LogP contribution in [0, 0.1) is 0 Å². The number of likely N-dealkylation sites (N-methyl/N-ethyl adjacent to an activating group) is 1. The minimum absolute atomic E-state index is 0.552. The first-order chi connectivity index (χ1) is 7.70. The summed E-state index contributed by atoms with van der Waals surface area (Å²) in [7, 11) is 0. The van der Waals surface area contributed by atoms with Crippen molar-refractivity contribution in [1.82, 2.24) is 9.88 Å². The van der Waals surface area contributed by atoms with Gasteiger partial charge in [-0.1, -0.05) is 6.92 Å². The first-order valence-electron chi connectivity index (χ1n) is 5.69. The molecule has 0 aliphatic carbocycles. The van der Waals surface area contributed by atoms with E-state index in [1.165, 1.54) is 0 Å². The lowest BCUT2D eigenvalue weighted by Gasteiger charge is -2.34. The number of rotatable bonds is 2. The van der Waals surface area contributed by atoms with Gasteiger partial charge in [-0.2, -0.15) is 0 Å². The molecule has 88 valence electrons. The van der Waals surface area contributed by atoms with Gasteiger partial charge in [0.2, 0.25) is 0 Å². The van der Waals surface area contributed by atoms with E-state index in [0.29, 0.717) is 11.4 Å². The van der Waals surface area contributed by atoms with E-state index in [1.54, 1.807) is 6.20 Å². The number of nitrogens with zero attached hydrogens (tertiary/aromatic N) is 3. The molecule has 0 amide bonds. The van der Waals surface area contributed by atoms with Crippen LogP contribution in [0.5, 0.6) is 0 Å². The van der Waals surface area contributed by atoms with Crippen molar-refractivity contribution in [3.05, 3.63) is 12.3 Å². The van der Waals surface area contributed by atoms with Gasteiger partial charge in [0.15, 0.2) is 0 Å². The summed E-state index contributed by atoms with van der Waals surface area (Å²) in [6.45, 7) is 7.49. The Morgan fingerprint density at radius 2 is 1.88 bits per heavy atom. The van der Waals surface area contributed by atoms with Crippen LogP contribution in [0.3, 0.4) is 0 Å². The van der Waals surface area contributed by atoms with Crippen LogP contribution >= 0.6 is 0 Å². The number of pyridine rings is 1. The number of aromatic nitrogens is 1. The molecule has 0 radical (unpaired) electrons. The molecular formula is C11H19N5. The predicted molar refractivity (Wildman–Crippen MR) is 67.4 cm³/mol. The van der Waals surface area contributed by atoms with Crippen molar-refractivity contribution in [2.24, 2.45) is 0 Å². The Labute approximate surface area is 96.0 Å². The van der Waals surface area contributed by atoms with Crippen molar-refractivity contribution in [3.8, 4) is 0 Å². The molecule has 16 heavy (non-hydrogen) atoms. The third kappa shape index (κ3) is 2.19. The second kappa shape index (κ2) is 4.57. The molecule has 0 spiro atoms. The number of hydrogen-bond donors (Lipinski definition) is 2. The molecule has 1 fully saturated rings. The Kier molecular flexibility index (Phi) is 3.14. The van der Waals surface area contributed by atoms with Crippen molar-refractivity contribution >= 4 is 17.2 Å². The molecule has 2 rings (SSSR count). The molecular weight excluding hydrogens is 202 g/mol. The first kappa shape index (κ1) is 11.0. The highest BCUT2D eigenvalue weighted by Gasteiger charge is 2.16. The molecule has 2 heterocycles. The van der Waals surface area contributed by atoms with E-state index in [0.717, 1.165) is 38.5 Å². The Morgan fingerprint density at radius 3 is 2.44 bits per heavy atom. The maximum Gasteiger partial charge on any atom is 0.130 e. The molecule has 1 aliphatic rings. The van der Waals surface area contributed by atoms with Crippen molar-refractivity contribution in [2.45, 2.75) is 6.92 Å². The van der Waals surface area contributed by atoms with E-state index in [2.05, 4.69) is 21.7 Å². The summed E-state index contributed by atoms with van der Waals surface area (Å²) in [6, 6.07) is 1.86. The fourth-order valence-electron chi connectivity index (χ4n) is 1.94. The Bertz CT molecular complexity index is 357. The third-order valence-electron chi connectivity index (χ3n) is 3.10. The summed E-state index contributed by atoms with van der Waals surface area (Å²) in [5.41, 5.74) is 12.6. The molecule has 0 aromatic carbocycles. The normalized spacial score (nSPS) is 17.7. The molecule has 0 bridgehead atoms. The molecule has 4 N–H and O–H groups in total. The zero-order valence-electron chi connectivity index (χ0n) is 9.69. The molecule has 5 nitrogen and oxygen atoms in total. The lowest BCUT2D eigenvalue weighted by atomic mass is 10.3. The van der Waals surface area contributed by atoms with Gasteiger partial charge in [0.05, 0.1) is 17.6 Å². The molecule has 1 aromatic rings. The quantitative estimate of drug-likeness (QED) is 0.756. The number of nitrogen functional groups attached to an aromatic ring is 2. The maximum atomic E-state index is 5.78. The van der Waals surface area contributed by atoms with E-state index in [1.807, 2.05) is 6.07 Å². The lowest BCUT2D eigenvalue weighted by Crippen LogP contribution is -2.46. The van der Waals surface area contributed by atoms with Crippen molar-refractivity contribution < 1.29 is 0 Å². The molecule has 0 atom stereocenters. The van der Waals surface area contributed by atoms with E-state index >= 15 is 0 Å². The van der Waals surface area contributed by atoms with Gasteiger partial charge < -0.3 is 21.3 Å². The zero-order valence-corrected chi connectivity index (χ0v) is 9.69. The van der Waals surface area contributed by atoms with Crippen molar-refractivity contribution in [2.75, 3.05) is 49.1 Å². The molecule has 5 heteroatoms. The van der Waals surface area contributed by atoms with E-state index in [4.69, 9.17) is 11.5 Å². The highest BCUT2D eigenvalue weighted by molar-refractivity contribution is 5.66. The fourth-order valence-corrected chi connectivity index (χ4v) is 1.94. The van der Waals surface area contributed by atoms with Crippen LogP contribution in [0.15, 0.2) is 12.3 Å².